The molecule has 1 aliphatic carbocycles. The van der Waals surface area contributed by atoms with Crippen LogP contribution < -0.4 is 0 Å². The number of aliphatic hydroxyl groups is 5. The summed E-state index contributed by atoms with van der Waals surface area (Å²) in [5.74, 6) is -1.37. The van der Waals surface area contributed by atoms with Gasteiger partial charge in [-0.05, 0) is 89.9 Å². The first-order valence-electron chi connectivity index (χ1n) is 25.2. The monoisotopic (exact) mass is 1050 g/mol. The zero-order valence-corrected chi connectivity index (χ0v) is 44.0. The molecule has 17 nitrogen and oxygen atoms in total. The molecule has 8 N–H and O–H groups in total. The highest BCUT2D eigenvalue weighted by Crippen LogP contribution is 2.49. The van der Waals surface area contributed by atoms with Gasteiger partial charge in [-0.2, -0.15) is 0 Å². The molecule has 1 aliphatic rings. The lowest BCUT2D eigenvalue weighted by molar-refractivity contribution is -0.216. The molecule has 0 aromatic heterocycles. The van der Waals surface area contributed by atoms with Gasteiger partial charge in [-0.3, -0.25) is 23.2 Å². The van der Waals surface area contributed by atoms with Gasteiger partial charge in [0.15, 0.2) is 6.10 Å². The summed E-state index contributed by atoms with van der Waals surface area (Å²) in [4.78, 5) is 54.4. The minimum absolute atomic E-state index is 0.0249. The van der Waals surface area contributed by atoms with E-state index in [2.05, 4.69) is 60.1 Å². The first-order valence-corrected chi connectivity index (χ1v) is 28.2. The Hall–Kier alpha value is -3.64. The van der Waals surface area contributed by atoms with Crippen molar-refractivity contribution < 1.29 is 82.0 Å². The molecule has 0 saturated heterocycles. The highest BCUT2D eigenvalue weighted by molar-refractivity contribution is 7.47. The van der Waals surface area contributed by atoms with Crippen LogP contribution in [0, 0.1) is 0 Å². The Bertz CT molecular complexity index is 1860. The predicted molar refractivity (Wildman–Crippen MR) is 279 cm³/mol. The van der Waals surface area contributed by atoms with E-state index in [9.17, 15) is 58.9 Å². The number of ether oxygens (including phenoxy) is 2. The molecule has 0 aromatic rings. The minimum Gasteiger partial charge on any atom is -0.462 e. The lowest BCUT2D eigenvalue weighted by Gasteiger charge is -2.43. The quantitative estimate of drug-likeness (QED) is 0.00933. The normalized spacial score (nSPS) is 22.2. The summed E-state index contributed by atoms with van der Waals surface area (Å²) in [5, 5.41) is 51.2. The fraction of sp³-hybridized carbons (Fsp3) is 0.585. The van der Waals surface area contributed by atoms with E-state index in [-0.39, 0.29) is 12.8 Å². The second-order valence-electron chi connectivity index (χ2n) is 17.0. The number of aliphatic hydroxyl groups excluding tert-OH is 5. The third kappa shape index (κ3) is 35.5. The van der Waals surface area contributed by atoms with E-state index in [0.717, 1.165) is 57.8 Å². The molecule has 0 spiro atoms. The molecule has 0 amide bonds. The largest absolute Gasteiger partial charge is 0.472 e. The van der Waals surface area contributed by atoms with E-state index in [4.69, 9.17) is 18.5 Å². The maximum absolute atomic E-state index is 13.0. The Labute approximate surface area is 427 Å². The number of esters is 2. The van der Waals surface area contributed by atoms with Gasteiger partial charge in [-0.25, -0.2) is 9.13 Å². The Morgan fingerprint density at radius 1 is 0.528 bits per heavy atom. The average Bonchev–Trinajstić information content (AvgIpc) is 3.33. The van der Waals surface area contributed by atoms with Crippen molar-refractivity contribution in [3.05, 3.63) is 122 Å². The summed E-state index contributed by atoms with van der Waals surface area (Å²) in [7, 11) is -10.7. The van der Waals surface area contributed by atoms with Crippen molar-refractivity contribution in [2.24, 2.45) is 0 Å². The Morgan fingerprint density at radius 3 is 1.58 bits per heavy atom. The standard InChI is InChI=1S/C53H84O17P2/c1-3-5-7-8-9-10-11-12-13-14-15-16-17-20-24-27-30-33-37-41-47(56)68-45(43-67-72(64,65)70-53-50(59)48(57)49(58)52(51(53)60)69-71(61,62)63)42-66-46(55)40-36-32-29-26-23-21-18-19-22-25-28-31-35-39-44(54)38-34-6-4-2/h6,9-10,12-13,15-16,19-24,28-29,31-32,34-35,39,44-45,48-54,57-60H,3-5,7-8,11,14,17-18,25-27,30,33,36-38,40-43H2,1-2H3,(H,64,65)(H2,61,62,63)/b10-9-,13-12-,16-15-,22-19-,23-21-,24-20-,31-28+,32-29-,34-6-,39-35+/t44?,45-,48?,49?,50?,51?,52-,53+/m1/s1. The minimum atomic E-state index is -5.39. The molecule has 0 bridgehead atoms. The molecular weight excluding hydrogens is 971 g/mol. The smallest absolute Gasteiger partial charge is 0.462 e. The van der Waals surface area contributed by atoms with E-state index in [1.807, 2.05) is 67.7 Å². The SMILES string of the molecule is CC/C=C\CC(O)/C=C/C=C/C/C=C\C/C=C\C/C=C\CCC(=O)OC[C@H](COP(=O)(O)O[C@H]1C(O)C(O)C(O)[C@@H](OP(=O)(O)O)C1O)OC(=O)CCCCC/C=C\C/C=C\C/C=C\C/C=C\CCCCC. The van der Waals surface area contributed by atoms with Crippen LogP contribution in [0.3, 0.4) is 0 Å². The van der Waals surface area contributed by atoms with Crippen molar-refractivity contribution >= 4 is 27.6 Å². The molecule has 0 radical (unpaired) electrons. The number of carbonyl (C=O) groups excluding carboxylic acids is 2. The number of phosphoric ester groups is 2. The van der Waals surface area contributed by atoms with Gasteiger partial charge >= 0.3 is 27.6 Å². The van der Waals surface area contributed by atoms with Gasteiger partial charge in [-0.1, -0.05) is 155 Å². The molecule has 0 aliphatic heterocycles. The summed E-state index contributed by atoms with van der Waals surface area (Å²) < 4.78 is 49.3. The molecule has 19 heteroatoms. The first kappa shape index (κ1) is 66.4. The molecule has 0 aromatic carbocycles. The van der Waals surface area contributed by atoms with Crippen LogP contribution in [0.2, 0.25) is 0 Å². The van der Waals surface area contributed by atoms with Crippen LogP contribution in [-0.4, -0.2) is 114 Å². The van der Waals surface area contributed by atoms with Gasteiger partial charge in [0.25, 0.3) is 0 Å². The molecule has 72 heavy (non-hydrogen) atoms. The molecule has 408 valence electrons. The van der Waals surface area contributed by atoms with Crippen molar-refractivity contribution in [1.29, 1.82) is 0 Å². The number of hydrogen-bond donors (Lipinski definition) is 8. The van der Waals surface area contributed by atoms with E-state index in [1.54, 1.807) is 12.2 Å². The van der Waals surface area contributed by atoms with Crippen LogP contribution in [0.5, 0.6) is 0 Å². The van der Waals surface area contributed by atoms with E-state index in [0.29, 0.717) is 32.1 Å². The van der Waals surface area contributed by atoms with Crippen LogP contribution in [0.4, 0.5) is 0 Å². The zero-order valence-electron chi connectivity index (χ0n) is 42.2. The Kier molecular flexibility index (Phi) is 38.4. The van der Waals surface area contributed by atoms with Crippen molar-refractivity contribution in [3.8, 4) is 0 Å². The number of rotatable bonds is 40. The summed E-state index contributed by atoms with van der Waals surface area (Å²) in [6.07, 6.45) is 39.1. The third-order valence-corrected chi connectivity index (χ3v) is 12.1. The fourth-order valence-corrected chi connectivity index (χ4v) is 8.24. The van der Waals surface area contributed by atoms with Crippen molar-refractivity contribution in [1.82, 2.24) is 0 Å². The van der Waals surface area contributed by atoms with Crippen LogP contribution in [-0.2, 0) is 41.8 Å². The average molecular weight is 1060 g/mol. The molecule has 1 saturated carbocycles. The van der Waals surface area contributed by atoms with Crippen molar-refractivity contribution in [3.63, 3.8) is 0 Å². The van der Waals surface area contributed by atoms with Gasteiger partial charge in [0, 0.05) is 12.8 Å². The van der Waals surface area contributed by atoms with Gasteiger partial charge in [0.1, 0.15) is 43.2 Å². The first-order chi connectivity index (χ1) is 34.5. The van der Waals surface area contributed by atoms with Crippen molar-refractivity contribution in [2.75, 3.05) is 13.2 Å². The summed E-state index contributed by atoms with van der Waals surface area (Å²) in [5.41, 5.74) is 0. The molecule has 9 atom stereocenters. The zero-order chi connectivity index (χ0) is 53.3. The van der Waals surface area contributed by atoms with Gasteiger partial charge in [0.2, 0.25) is 0 Å². The summed E-state index contributed by atoms with van der Waals surface area (Å²) in [6, 6.07) is 0. The molecule has 6 unspecified atom stereocenters. The summed E-state index contributed by atoms with van der Waals surface area (Å²) >= 11 is 0. The van der Waals surface area contributed by atoms with Gasteiger partial charge in [0.05, 0.1) is 12.7 Å². The predicted octanol–water partition coefficient (Wildman–Crippen LogP) is 9.25. The second kappa shape index (κ2) is 41.7. The van der Waals surface area contributed by atoms with E-state index >= 15 is 0 Å². The number of hydrogen-bond acceptors (Lipinski definition) is 14. The van der Waals surface area contributed by atoms with Gasteiger partial charge in [-0.15, -0.1) is 0 Å². The fourth-order valence-electron chi connectivity index (χ4n) is 6.71. The molecule has 1 rings (SSSR count). The molecule has 1 fully saturated rings. The second-order valence-corrected chi connectivity index (χ2v) is 19.6. The lowest BCUT2D eigenvalue weighted by atomic mass is 9.85. The van der Waals surface area contributed by atoms with Crippen LogP contribution in [0.1, 0.15) is 136 Å². The highest BCUT2D eigenvalue weighted by Gasteiger charge is 2.54. The van der Waals surface area contributed by atoms with Crippen LogP contribution in [0.15, 0.2) is 122 Å². The number of carbonyl (C=O) groups is 2. The lowest BCUT2D eigenvalue weighted by Crippen LogP contribution is -2.64. The number of allylic oxidation sites excluding steroid dienone is 18. The van der Waals surface area contributed by atoms with E-state index < -0.39 is 89.6 Å². The van der Waals surface area contributed by atoms with Crippen molar-refractivity contribution in [2.45, 2.75) is 185 Å². The topological polar surface area (TPSA) is 276 Å². The molecular formula is C53H84O17P2. The van der Waals surface area contributed by atoms with Crippen LogP contribution >= 0.6 is 15.6 Å². The Balaban J connectivity index is 2.66. The van der Waals surface area contributed by atoms with Crippen LogP contribution in [0.25, 0.3) is 0 Å². The molecule has 0 heterocycles. The van der Waals surface area contributed by atoms with Gasteiger partial charge < -0.3 is 49.7 Å². The highest BCUT2D eigenvalue weighted by atomic mass is 31.2. The third-order valence-electron chi connectivity index (χ3n) is 10.6. The Morgan fingerprint density at radius 2 is 1.04 bits per heavy atom. The maximum Gasteiger partial charge on any atom is 0.472 e. The van der Waals surface area contributed by atoms with E-state index in [1.165, 1.54) is 19.3 Å². The maximum atomic E-state index is 13.0. The summed E-state index contributed by atoms with van der Waals surface area (Å²) in [6.45, 7) is 2.78. The number of phosphoric acid groups is 2. The number of unbranched alkanes of at least 4 members (excludes halogenated alkanes) is 6.